The standard InChI is InChI=1S/C25H37N5O8/c1-3-14(2)21(27)24(36)28-16(10-12-20(32)33)22(34)30-18(13-15-7-5-4-6-8-15)23(35)29-17(25(37)38)9-11-19(26)31/h4-8,14,16-18,21H,3,9-13,27H2,1-2H3,(H2,26,31)(H,28,36)(H,29,35)(H,30,34)(H,32,33)(H,37,38). The molecule has 1 aromatic rings. The molecule has 210 valence electrons. The van der Waals surface area contributed by atoms with Gasteiger partial charge in [0.15, 0.2) is 0 Å². The maximum absolute atomic E-state index is 13.2. The van der Waals surface area contributed by atoms with Crippen LogP contribution in [0.25, 0.3) is 0 Å². The van der Waals surface area contributed by atoms with Crippen LogP contribution in [-0.4, -0.2) is 69.9 Å². The average Bonchev–Trinajstić information content (AvgIpc) is 2.87. The zero-order chi connectivity index (χ0) is 28.8. The molecular weight excluding hydrogens is 498 g/mol. The second-order valence-corrected chi connectivity index (χ2v) is 9.06. The summed E-state index contributed by atoms with van der Waals surface area (Å²) in [7, 11) is 0. The van der Waals surface area contributed by atoms with E-state index in [0.29, 0.717) is 12.0 Å². The number of primary amides is 1. The molecule has 13 heteroatoms. The number of hydrogen-bond acceptors (Lipinski definition) is 7. The van der Waals surface area contributed by atoms with Gasteiger partial charge in [-0.25, -0.2) is 4.79 Å². The van der Waals surface area contributed by atoms with Crippen LogP contribution in [0.4, 0.5) is 0 Å². The van der Waals surface area contributed by atoms with E-state index in [1.54, 1.807) is 37.3 Å². The quantitative estimate of drug-likeness (QED) is 0.133. The summed E-state index contributed by atoms with van der Waals surface area (Å²) in [4.78, 5) is 72.7. The number of hydrogen-bond donors (Lipinski definition) is 7. The van der Waals surface area contributed by atoms with E-state index in [1.807, 2.05) is 6.92 Å². The molecule has 13 nitrogen and oxygen atoms in total. The summed E-state index contributed by atoms with van der Waals surface area (Å²) in [5, 5.41) is 25.8. The van der Waals surface area contributed by atoms with Gasteiger partial charge in [-0.05, 0) is 24.3 Å². The van der Waals surface area contributed by atoms with Crippen molar-refractivity contribution in [3.63, 3.8) is 0 Å². The van der Waals surface area contributed by atoms with Crippen molar-refractivity contribution < 1.29 is 39.0 Å². The fourth-order valence-corrected chi connectivity index (χ4v) is 3.46. The van der Waals surface area contributed by atoms with Crippen molar-refractivity contribution in [3.8, 4) is 0 Å². The summed E-state index contributed by atoms with van der Waals surface area (Å²) in [6.45, 7) is 3.60. The van der Waals surface area contributed by atoms with Gasteiger partial charge < -0.3 is 37.6 Å². The number of carboxylic acid groups (broad SMARTS) is 2. The normalized spacial score (nSPS) is 14.7. The molecule has 9 N–H and O–H groups in total. The molecule has 0 saturated heterocycles. The van der Waals surface area contributed by atoms with E-state index in [9.17, 15) is 33.9 Å². The van der Waals surface area contributed by atoms with Crippen LogP contribution >= 0.6 is 0 Å². The van der Waals surface area contributed by atoms with Crippen LogP contribution in [0, 0.1) is 5.92 Å². The fourth-order valence-electron chi connectivity index (χ4n) is 3.46. The first kappa shape index (κ1) is 32.0. The Bertz CT molecular complexity index is 987. The number of carbonyl (C=O) groups excluding carboxylic acids is 4. The third-order valence-corrected chi connectivity index (χ3v) is 6.05. The smallest absolute Gasteiger partial charge is 0.326 e. The SMILES string of the molecule is CCC(C)C(N)C(=O)NC(CCC(=O)O)C(=O)NC(Cc1ccccc1)C(=O)NC(CCC(N)=O)C(=O)O. The number of carbonyl (C=O) groups is 6. The molecule has 0 aromatic heterocycles. The second-order valence-electron chi connectivity index (χ2n) is 9.06. The van der Waals surface area contributed by atoms with E-state index in [1.165, 1.54) is 0 Å². The van der Waals surface area contributed by atoms with Crippen LogP contribution in [0.5, 0.6) is 0 Å². The molecule has 5 unspecified atom stereocenters. The number of aliphatic carboxylic acids is 2. The predicted molar refractivity (Wildman–Crippen MR) is 136 cm³/mol. The lowest BCUT2D eigenvalue weighted by Crippen LogP contribution is -2.58. The van der Waals surface area contributed by atoms with Crippen LogP contribution in [0.15, 0.2) is 30.3 Å². The summed E-state index contributed by atoms with van der Waals surface area (Å²) >= 11 is 0. The fraction of sp³-hybridized carbons (Fsp3) is 0.520. The Morgan fingerprint density at radius 3 is 1.87 bits per heavy atom. The molecule has 0 saturated carbocycles. The lowest BCUT2D eigenvalue weighted by Gasteiger charge is -2.26. The van der Waals surface area contributed by atoms with Crippen molar-refractivity contribution in [1.82, 2.24) is 16.0 Å². The van der Waals surface area contributed by atoms with Gasteiger partial charge in [0.1, 0.15) is 18.1 Å². The minimum Gasteiger partial charge on any atom is -0.481 e. The van der Waals surface area contributed by atoms with Gasteiger partial charge in [0.2, 0.25) is 23.6 Å². The van der Waals surface area contributed by atoms with Crippen LogP contribution in [0.1, 0.15) is 51.5 Å². The predicted octanol–water partition coefficient (Wildman–Crippen LogP) is -0.728. The molecular formula is C25H37N5O8. The van der Waals surface area contributed by atoms with E-state index in [0.717, 1.165) is 0 Å². The van der Waals surface area contributed by atoms with Gasteiger partial charge in [0, 0.05) is 19.3 Å². The van der Waals surface area contributed by atoms with Crippen molar-refractivity contribution in [2.45, 2.75) is 76.5 Å². The van der Waals surface area contributed by atoms with Crippen molar-refractivity contribution in [2.75, 3.05) is 0 Å². The van der Waals surface area contributed by atoms with Gasteiger partial charge in [0.25, 0.3) is 0 Å². The Morgan fingerprint density at radius 2 is 1.34 bits per heavy atom. The van der Waals surface area contributed by atoms with Gasteiger partial charge in [0.05, 0.1) is 6.04 Å². The van der Waals surface area contributed by atoms with Gasteiger partial charge in [-0.3, -0.25) is 24.0 Å². The third kappa shape index (κ3) is 11.4. The third-order valence-electron chi connectivity index (χ3n) is 6.05. The van der Waals surface area contributed by atoms with Crippen LogP contribution < -0.4 is 27.4 Å². The minimum atomic E-state index is -1.44. The lowest BCUT2D eigenvalue weighted by molar-refractivity contribution is -0.142. The van der Waals surface area contributed by atoms with Gasteiger partial charge in [-0.1, -0.05) is 50.6 Å². The average molecular weight is 536 g/mol. The van der Waals surface area contributed by atoms with E-state index in [-0.39, 0.29) is 31.6 Å². The Balaban J connectivity index is 3.16. The molecule has 0 aliphatic rings. The first-order chi connectivity index (χ1) is 17.8. The molecule has 1 aromatic carbocycles. The van der Waals surface area contributed by atoms with Crippen molar-refractivity contribution in [3.05, 3.63) is 35.9 Å². The van der Waals surface area contributed by atoms with Crippen molar-refractivity contribution in [2.24, 2.45) is 17.4 Å². The van der Waals surface area contributed by atoms with Gasteiger partial charge >= 0.3 is 11.9 Å². The maximum Gasteiger partial charge on any atom is 0.326 e. The zero-order valence-electron chi connectivity index (χ0n) is 21.5. The molecule has 0 radical (unpaired) electrons. The molecule has 38 heavy (non-hydrogen) atoms. The van der Waals surface area contributed by atoms with Crippen LogP contribution in [0.2, 0.25) is 0 Å². The maximum atomic E-state index is 13.2. The van der Waals surface area contributed by atoms with Crippen molar-refractivity contribution in [1.29, 1.82) is 0 Å². The van der Waals surface area contributed by atoms with Crippen molar-refractivity contribution >= 4 is 35.6 Å². The highest BCUT2D eigenvalue weighted by molar-refractivity contribution is 5.94. The molecule has 0 aliphatic carbocycles. The largest absolute Gasteiger partial charge is 0.481 e. The van der Waals surface area contributed by atoms with Crippen LogP contribution in [0.3, 0.4) is 0 Å². The highest BCUT2D eigenvalue weighted by Crippen LogP contribution is 2.09. The highest BCUT2D eigenvalue weighted by atomic mass is 16.4. The summed E-state index contributed by atoms with van der Waals surface area (Å²) in [6, 6.07) is 3.59. The molecule has 0 bridgehead atoms. The Labute approximate surface area is 220 Å². The molecule has 4 amide bonds. The number of carboxylic acids is 2. The van der Waals surface area contributed by atoms with E-state index >= 15 is 0 Å². The van der Waals surface area contributed by atoms with E-state index in [4.69, 9.17) is 16.6 Å². The first-order valence-corrected chi connectivity index (χ1v) is 12.3. The van der Waals surface area contributed by atoms with Gasteiger partial charge in [-0.2, -0.15) is 0 Å². The number of amides is 4. The second kappa shape index (κ2) is 16.0. The van der Waals surface area contributed by atoms with E-state index < -0.39 is 66.2 Å². The van der Waals surface area contributed by atoms with E-state index in [2.05, 4.69) is 16.0 Å². The molecule has 0 heterocycles. The number of rotatable bonds is 17. The molecule has 0 fully saturated rings. The molecule has 0 aliphatic heterocycles. The number of nitrogens with two attached hydrogens (primary N) is 2. The molecule has 1 rings (SSSR count). The summed E-state index contributed by atoms with van der Waals surface area (Å²) in [6.07, 6.45) is -0.691. The zero-order valence-corrected chi connectivity index (χ0v) is 21.5. The highest BCUT2D eigenvalue weighted by Gasteiger charge is 2.31. The Hall–Kier alpha value is -4.00. The summed E-state index contributed by atoms with van der Waals surface area (Å²) < 4.78 is 0. The molecule has 5 atom stereocenters. The molecule has 0 spiro atoms. The number of nitrogens with one attached hydrogen (secondary N) is 3. The topological polar surface area (TPSA) is 231 Å². The monoisotopic (exact) mass is 535 g/mol. The lowest BCUT2D eigenvalue weighted by atomic mass is 9.98. The Kier molecular flexibility index (Phi) is 13.5. The summed E-state index contributed by atoms with van der Waals surface area (Å²) in [5.74, 6) is -5.87. The van der Waals surface area contributed by atoms with Crippen LogP contribution in [-0.2, 0) is 35.2 Å². The minimum absolute atomic E-state index is 0.0352. The number of benzene rings is 1. The first-order valence-electron chi connectivity index (χ1n) is 12.3. The van der Waals surface area contributed by atoms with Gasteiger partial charge in [-0.15, -0.1) is 0 Å². The Morgan fingerprint density at radius 1 is 0.816 bits per heavy atom. The summed E-state index contributed by atoms with van der Waals surface area (Å²) in [5.41, 5.74) is 11.7.